The van der Waals surface area contributed by atoms with Crippen LogP contribution in [-0.2, 0) is 0 Å². The number of hydrogen-bond acceptors (Lipinski definition) is 4. The fourth-order valence-electron chi connectivity index (χ4n) is 0.665. The summed E-state index contributed by atoms with van der Waals surface area (Å²) >= 11 is 1.60. The van der Waals surface area contributed by atoms with Crippen LogP contribution in [0.5, 0.6) is 0 Å². The van der Waals surface area contributed by atoms with Crippen LogP contribution in [0, 0.1) is 0 Å². The Morgan fingerprint density at radius 1 is 1.30 bits per heavy atom. The first-order chi connectivity index (χ1) is 4.72. The second kappa shape index (κ2) is 2.79. The molecule has 1 heterocycles. The number of aromatic nitrogens is 1. The first kappa shape index (κ1) is 7.21. The van der Waals surface area contributed by atoms with E-state index in [1.54, 1.807) is 23.9 Å². The second-order valence-electron chi connectivity index (χ2n) is 1.86. The average Bonchev–Trinajstić information content (AvgIpc) is 1.85. The third-order valence-corrected chi connectivity index (χ3v) is 1.78. The molecule has 3 nitrogen and oxygen atoms in total. The molecule has 54 valence electrons. The lowest BCUT2D eigenvalue weighted by molar-refractivity contribution is 1.28. The van der Waals surface area contributed by atoms with E-state index < -0.39 is 0 Å². The Kier molecular flexibility index (Phi) is 2.01. The number of nitrogens with two attached hydrogens (primary N) is 2. The van der Waals surface area contributed by atoms with Gasteiger partial charge in [-0.2, -0.15) is 0 Å². The van der Waals surface area contributed by atoms with Crippen LogP contribution in [0.3, 0.4) is 0 Å². The van der Waals surface area contributed by atoms with Gasteiger partial charge in [0.05, 0.1) is 0 Å². The third kappa shape index (κ3) is 1.54. The fourth-order valence-corrected chi connectivity index (χ4v) is 1.14. The SMILES string of the molecule is CSc1cc(N)nc(N)c1. The Morgan fingerprint density at radius 3 is 2.20 bits per heavy atom. The maximum atomic E-state index is 5.43. The quantitative estimate of drug-likeness (QED) is 0.593. The van der Waals surface area contributed by atoms with Crippen molar-refractivity contribution < 1.29 is 0 Å². The molecule has 1 aromatic rings. The number of nitrogen functional groups attached to an aromatic ring is 2. The van der Waals surface area contributed by atoms with E-state index in [9.17, 15) is 0 Å². The highest BCUT2D eigenvalue weighted by Gasteiger charge is 1.94. The van der Waals surface area contributed by atoms with Gasteiger partial charge in [-0.05, 0) is 18.4 Å². The summed E-state index contributed by atoms with van der Waals surface area (Å²) in [7, 11) is 0. The molecular weight excluding hydrogens is 146 g/mol. The van der Waals surface area contributed by atoms with Gasteiger partial charge in [-0.1, -0.05) is 0 Å². The van der Waals surface area contributed by atoms with Crippen molar-refractivity contribution in [3.05, 3.63) is 12.1 Å². The highest BCUT2D eigenvalue weighted by Crippen LogP contribution is 2.18. The summed E-state index contributed by atoms with van der Waals surface area (Å²) in [6, 6.07) is 3.59. The van der Waals surface area contributed by atoms with E-state index in [-0.39, 0.29) is 0 Å². The van der Waals surface area contributed by atoms with Crippen LogP contribution in [0.2, 0.25) is 0 Å². The van der Waals surface area contributed by atoms with Gasteiger partial charge >= 0.3 is 0 Å². The van der Waals surface area contributed by atoms with Gasteiger partial charge in [0.2, 0.25) is 0 Å². The molecule has 0 aliphatic carbocycles. The van der Waals surface area contributed by atoms with Crippen molar-refractivity contribution in [2.24, 2.45) is 0 Å². The lowest BCUT2D eigenvalue weighted by atomic mass is 10.4. The first-order valence-corrected chi connectivity index (χ1v) is 4.02. The van der Waals surface area contributed by atoms with E-state index >= 15 is 0 Å². The highest BCUT2D eigenvalue weighted by atomic mass is 32.2. The maximum absolute atomic E-state index is 5.43. The van der Waals surface area contributed by atoms with E-state index in [1.165, 1.54) is 0 Å². The molecule has 1 rings (SSSR count). The molecule has 10 heavy (non-hydrogen) atoms. The normalized spacial score (nSPS) is 9.70. The zero-order valence-electron chi connectivity index (χ0n) is 5.66. The number of nitrogens with zero attached hydrogens (tertiary/aromatic N) is 1. The van der Waals surface area contributed by atoms with Crippen LogP contribution in [0.1, 0.15) is 0 Å². The van der Waals surface area contributed by atoms with Gasteiger partial charge in [0.15, 0.2) is 0 Å². The number of thioether (sulfide) groups is 1. The lowest BCUT2D eigenvalue weighted by Crippen LogP contribution is -1.95. The van der Waals surface area contributed by atoms with E-state index in [2.05, 4.69) is 4.98 Å². The van der Waals surface area contributed by atoms with E-state index in [0.29, 0.717) is 11.6 Å². The summed E-state index contributed by atoms with van der Waals surface area (Å²) in [6.45, 7) is 0. The summed E-state index contributed by atoms with van der Waals surface area (Å²) in [5.74, 6) is 0.953. The molecule has 0 fully saturated rings. The smallest absolute Gasteiger partial charge is 0.126 e. The molecule has 0 aliphatic heterocycles. The van der Waals surface area contributed by atoms with Crippen LogP contribution < -0.4 is 11.5 Å². The monoisotopic (exact) mass is 155 g/mol. The topological polar surface area (TPSA) is 64.9 Å². The Bertz CT molecular complexity index is 216. The fraction of sp³-hybridized carbons (Fsp3) is 0.167. The third-order valence-electron chi connectivity index (χ3n) is 1.07. The zero-order valence-corrected chi connectivity index (χ0v) is 6.48. The van der Waals surface area contributed by atoms with Gasteiger partial charge in [0.1, 0.15) is 11.6 Å². The van der Waals surface area contributed by atoms with Gasteiger partial charge in [-0.15, -0.1) is 11.8 Å². The molecule has 0 amide bonds. The van der Waals surface area contributed by atoms with Gasteiger partial charge in [-0.25, -0.2) is 4.98 Å². The first-order valence-electron chi connectivity index (χ1n) is 2.79. The van der Waals surface area contributed by atoms with Crippen molar-refractivity contribution >= 4 is 23.4 Å². The maximum Gasteiger partial charge on any atom is 0.126 e. The summed E-state index contributed by atoms with van der Waals surface area (Å²) in [4.78, 5) is 4.87. The second-order valence-corrected chi connectivity index (χ2v) is 2.74. The lowest BCUT2D eigenvalue weighted by Gasteiger charge is -1.98. The summed E-state index contributed by atoms with van der Waals surface area (Å²) < 4.78 is 0. The summed E-state index contributed by atoms with van der Waals surface area (Å²) in [6.07, 6.45) is 1.97. The summed E-state index contributed by atoms with van der Waals surface area (Å²) in [5, 5.41) is 0. The Hall–Kier alpha value is -0.900. The molecule has 0 spiro atoms. The van der Waals surface area contributed by atoms with Crippen molar-refractivity contribution in [1.29, 1.82) is 0 Å². The van der Waals surface area contributed by atoms with Crippen LogP contribution in [0.4, 0.5) is 11.6 Å². The minimum absolute atomic E-state index is 0.476. The minimum atomic E-state index is 0.476. The molecule has 0 unspecified atom stereocenters. The number of hydrogen-bond donors (Lipinski definition) is 2. The standard InChI is InChI=1S/C6H9N3S/c1-10-4-2-5(7)9-6(8)3-4/h2-3H,1H3,(H4,7,8,9). The van der Waals surface area contributed by atoms with E-state index in [0.717, 1.165) is 4.90 Å². The molecule has 0 saturated carbocycles. The molecule has 0 bridgehead atoms. The van der Waals surface area contributed by atoms with Crippen LogP contribution in [-0.4, -0.2) is 11.2 Å². The van der Waals surface area contributed by atoms with Crippen molar-refractivity contribution in [2.45, 2.75) is 4.90 Å². The van der Waals surface area contributed by atoms with Gasteiger partial charge < -0.3 is 11.5 Å². The van der Waals surface area contributed by atoms with E-state index in [4.69, 9.17) is 11.5 Å². The Labute approximate surface area is 63.8 Å². The minimum Gasteiger partial charge on any atom is -0.384 e. The largest absolute Gasteiger partial charge is 0.384 e. The predicted octanol–water partition coefficient (Wildman–Crippen LogP) is 0.968. The Balaban J connectivity index is 3.06. The highest BCUT2D eigenvalue weighted by molar-refractivity contribution is 7.98. The molecular formula is C6H9N3S. The van der Waals surface area contributed by atoms with Crippen LogP contribution in [0.25, 0.3) is 0 Å². The molecule has 1 aromatic heterocycles. The van der Waals surface area contributed by atoms with Gasteiger partial charge in [0.25, 0.3) is 0 Å². The van der Waals surface area contributed by atoms with Gasteiger partial charge in [0, 0.05) is 4.90 Å². The number of anilines is 2. The molecule has 4 N–H and O–H groups in total. The van der Waals surface area contributed by atoms with Crippen molar-refractivity contribution in [2.75, 3.05) is 17.7 Å². The summed E-state index contributed by atoms with van der Waals surface area (Å²) in [5.41, 5.74) is 10.9. The number of pyridine rings is 1. The Morgan fingerprint density at radius 2 is 1.80 bits per heavy atom. The molecule has 4 heteroatoms. The van der Waals surface area contributed by atoms with Gasteiger partial charge in [-0.3, -0.25) is 0 Å². The molecule has 0 atom stereocenters. The molecule has 0 aliphatic rings. The van der Waals surface area contributed by atoms with Crippen molar-refractivity contribution in [1.82, 2.24) is 4.98 Å². The number of rotatable bonds is 1. The predicted molar refractivity (Wildman–Crippen MR) is 44.8 cm³/mol. The average molecular weight is 155 g/mol. The van der Waals surface area contributed by atoms with Crippen LogP contribution in [0.15, 0.2) is 17.0 Å². The molecule has 0 aromatic carbocycles. The van der Waals surface area contributed by atoms with Crippen molar-refractivity contribution in [3.8, 4) is 0 Å². The van der Waals surface area contributed by atoms with Crippen molar-refractivity contribution in [3.63, 3.8) is 0 Å². The molecule has 0 saturated heterocycles. The van der Waals surface area contributed by atoms with Crippen LogP contribution >= 0.6 is 11.8 Å². The zero-order chi connectivity index (χ0) is 7.56. The van der Waals surface area contributed by atoms with E-state index in [1.807, 2.05) is 6.26 Å². The molecule has 0 radical (unpaired) electrons.